The van der Waals surface area contributed by atoms with Crippen LogP contribution in [-0.2, 0) is 58.2 Å². The third kappa shape index (κ3) is 35.0. The Bertz CT molecular complexity index is 6160. The molecule has 38 heteroatoms. The molecule has 764 valence electrons. The molecule has 7 N–H and O–H groups in total. The van der Waals surface area contributed by atoms with Crippen LogP contribution in [0.3, 0.4) is 0 Å². The predicted octanol–water partition coefficient (Wildman–Crippen LogP) is 25.4. The molecule has 0 fully saturated rings. The molecule has 0 unspecified atom stereocenters. The summed E-state index contributed by atoms with van der Waals surface area (Å²) in [6.45, 7) is 27.3. The Kier molecular flexibility index (Phi) is 47.2. The van der Waals surface area contributed by atoms with Crippen molar-refractivity contribution in [1.29, 1.82) is 5.26 Å². The van der Waals surface area contributed by atoms with Crippen LogP contribution in [0.25, 0.3) is 78.8 Å². The average molecular weight is 2050 g/mol. The molecule has 14 aromatic rings. The largest absolute Gasteiger partial charge is 0.497 e. The van der Waals surface area contributed by atoms with Gasteiger partial charge in [0.15, 0.2) is 23.1 Å². The number of aromatic amines is 7. The second-order valence-electron chi connectivity index (χ2n) is 34.3. The van der Waals surface area contributed by atoms with E-state index in [-0.39, 0.29) is 28.2 Å². The van der Waals surface area contributed by atoms with E-state index in [4.69, 9.17) is 60.6 Å². The topological polar surface area (TPSA) is 275 Å². The number of rotatable bonds is 38. The van der Waals surface area contributed by atoms with Gasteiger partial charge in [-0.1, -0.05) is 125 Å². The van der Waals surface area contributed by atoms with E-state index in [1.807, 2.05) is 99.5 Å². The van der Waals surface area contributed by atoms with E-state index in [9.17, 15) is 44.8 Å². The van der Waals surface area contributed by atoms with E-state index in [0.29, 0.717) is 56.2 Å². The smallest absolute Gasteiger partial charge is 0.419 e. The van der Waals surface area contributed by atoms with Crippen molar-refractivity contribution in [3.8, 4) is 102 Å². The number of benzene rings is 7. The molecule has 0 bridgehead atoms. The fourth-order valence-electron chi connectivity index (χ4n) is 15.7. The summed E-state index contributed by atoms with van der Waals surface area (Å²) in [5.41, 5.74) is 17.1. The van der Waals surface area contributed by atoms with Crippen molar-refractivity contribution in [2.45, 2.75) is 152 Å². The van der Waals surface area contributed by atoms with Crippen LogP contribution < -0.4 is 14.2 Å². The fourth-order valence-corrected chi connectivity index (χ4v) is 16.8. The molecule has 0 spiro atoms. The number of nitrogens with zero attached hydrogens (tertiary/aromatic N) is 15. The van der Waals surface area contributed by atoms with Gasteiger partial charge < -0.3 is 48.5 Å². The van der Waals surface area contributed by atoms with E-state index in [1.54, 1.807) is 50.0 Å². The summed E-state index contributed by atoms with van der Waals surface area (Å²) in [7, 11) is 18.9. The van der Waals surface area contributed by atoms with Gasteiger partial charge in [-0.2, -0.15) is 67.3 Å². The third-order valence-corrected chi connectivity index (χ3v) is 23.3. The van der Waals surface area contributed by atoms with Crippen molar-refractivity contribution in [2.24, 2.45) is 0 Å². The predicted molar refractivity (Wildman–Crippen MR) is 549 cm³/mol. The summed E-state index contributed by atoms with van der Waals surface area (Å²) in [5, 5.41) is 60.2. The highest BCUT2D eigenvalue weighted by molar-refractivity contribution is 6.35. The number of methoxy groups -OCH3 is 3. The van der Waals surface area contributed by atoms with Gasteiger partial charge in [-0.3, -0.25) is 35.7 Å². The maximum Gasteiger partial charge on any atom is 0.419 e. The molecule has 25 nitrogen and oxygen atoms in total. The molecular formula is C104H129Cl4F9N22O3. The Labute approximate surface area is 846 Å². The lowest BCUT2D eigenvalue weighted by Gasteiger charge is -2.16. The van der Waals surface area contributed by atoms with Crippen LogP contribution in [0, 0.1) is 28.8 Å². The number of ether oxygens (including phenoxy) is 3. The number of nitrogens with one attached hydrogen (secondary N) is 7. The summed E-state index contributed by atoms with van der Waals surface area (Å²) in [4.78, 5) is 15.4. The van der Waals surface area contributed by atoms with Crippen LogP contribution in [0.1, 0.15) is 149 Å². The zero-order valence-electron chi connectivity index (χ0n) is 83.4. The van der Waals surface area contributed by atoms with Crippen LogP contribution in [0.15, 0.2) is 177 Å². The lowest BCUT2D eigenvalue weighted by atomic mass is 10.0. The standard InChI is InChI=1S/C15H17ClF3N3.C15H20ClN3O.C15H17F4N3.2C15H20FN3O.C15H18N4.C14H17Cl2N3/c1-3-6-22(2)9-10-8-20-21-14(10)12-5-4-11(7-13(12)16)15(17,18)19;1-4-7-19(2)10-11-9-17-18-15(11)13-6-5-12(20-3)8-14(13)16;1-3-6-22(2)9-11-8-20-21-14(11)10-4-5-12(13(16)7-10)15(17,18)19;1-4-7-19(2)10-12-9-17-18-15(12)11-5-6-14(20-3)13(16)8-11;1-4-7-19(2)10-12-9-17-18-15(12)11-5-6-13(16)14(8-11)20-3;1-3-8-19(2)11-13-10-17-18-15(13)14-7-5-4-6-12(14)9-16;1-3-4-19(2)9-11-8-17-18-14(11)10-5-12(15)7-13(16)6-10/h4-5,7-8H,3,6,9H2,1-2H3,(H,20,21);5-6,8-9H,4,7,10H2,1-3H3,(H,17,18);4-5,7-8H,3,6,9H2,1-2H3,(H,20,21);2*5-6,8-9H,4,7,10H2,1-3H3,(H,17,18);4-7,10H,3,8,11H2,1-2H3,(H,17,18);5-8H,3-4,9H2,1-2H3,(H,17,18). The fraction of sp³-hybridized carbons (Fsp3) is 0.385. The van der Waals surface area contributed by atoms with Crippen molar-refractivity contribution in [3.63, 3.8) is 0 Å². The normalized spacial score (nSPS) is 11.4. The Morgan fingerprint density at radius 2 is 0.641 bits per heavy atom. The van der Waals surface area contributed by atoms with Gasteiger partial charge in [-0.05, 0) is 243 Å². The summed E-state index contributed by atoms with van der Waals surface area (Å²) in [6.07, 6.45) is 11.0. The number of hydrogen-bond acceptors (Lipinski definition) is 18. The number of halogens is 13. The Morgan fingerprint density at radius 1 is 0.317 bits per heavy atom. The minimum absolute atomic E-state index is 0.0541. The second kappa shape index (κ2) is 58.0. The minimum Gasteiger partial charge on any atom is -0.497 e. The molecule has 7 aromatic carbocycles. The summed E-state index contributed by atoms with van der Waals surface area (Å²) >= 11 is 24.5. The summed E-state index contributed by atoms with van der Waals surface area (Å²) in [5.74, 6) is -0.772. The van der Waals surface area contributed by atoms with E-state index in [1.165, 1.54) is 38.5 Å². The molecular weight excluding hydrogens is 1920 g/mol. The molecule has 0 atom stereocenters. The van der Waals surface area contributed by atoms with Crippen molar-refractivity contribution in [1.82, 2.24) is 106 Å². The number of alkyl halides is 6. The molecule has 0 aliphatic rings. The summed E-state index contributed by atoms with van der Waals surface area (Å²) < 4.78 is 132. The number of hydrogen-bond donors (Lipinski definition) is 7. The van der Waals surface area contributed by atoms with Gasteiger partial charge in [0.05, 0.1) is 137 Å². The molecule has 0 saturated heterocycles. The van der Waals surface area contributed by atoms with Crippen LogP contribution in [0.2, 0.25) is 20.1 Å². The highest BCUT2D eigenvalue weighted by Gasteiger charge is 2.35. The number of nitriles is 1. The zero-order valence-corrected chi connectivity index (χ0v) is 86.5. The highest BCUT2D eigenvalue weighted by Crippen LogP contribution is 2.40. The zero-order chi connectivity index (χ0) is 104. The highest BCUT2D eigenvalue weighted by atomic mass is 35.5. The van der Waals surface area contributed by atoms with Gasteiger partial charge in [0.1, 0.15) is 11.6 Å². The molecule has 14 rings (SSSR count). The monoisotopic (exact) mass is 2040 g/mol. The van der Waals surface area contributed by atoms with Gasteiger partial charge in [0.25, 0.3) is 0 Å². The summed E-state index contributed by atoms with van der Waals surface area (Å²) in [6, 6.07) is 37.0. The number of H-pyrrole nitrogens is 7. The van der Waals surface area contributed by atoms with Gasteiger partial charge in [0, 0.05) is 134 Å². The SMILES string of the molecule is CCCN(C)Cc1cn[nH]c1-c1cc(Cl)cc(Cl)c1.CCCN(C)Cc1cn[nH]c1-c1ccc(C(F)(F)F)c(F)c1.CCCN(C)Cc1cn[nH]c1-c1ccc(C(F)(F)F)cc1Cl.CCCN(C)Cc1cn[nH]c1-c1ccc(F)c(OC)c1.CCCN(C)Cc1cn[nH]c1-c1ccc(OC)c(F)c1.CCCN(C)Cc1cn[nH]c1-c1ccc(OC)cc1Cl.CCCN(C)Cc1cn[nH]c1-c1ccccc1C#N. The first-order valence-electron chi connectivity index (χ1n) is 46.6. The van der Waals surface area contributed by atoms with Crippen molar-refractivity contribution >= 4 is 46.4 Å². The van der Waals surface area contributed by atoms with Crippen LogP contribution >= 0.6 is 46.4 Å². The minimum atomic E-state index is -4.69. The van der Waals surface area contributed by atoms with Crippen LogP contribution in [0.5, 0.6) is 17.2 Å². The van der Waals surface area contributed by atoms with Gasteiger partial charge in [-0.15, -0.1) is 0 Å². The third-order valence-electron chi connectivity index (χ3n) is 22.3. The first-order valence-corrected chi connectivity index (χ1v) is 48.2. The molecule has 0 amide bonds. The van der Waals surface area contributed by atoms with Crippen molar-refractivity contribution in [3.05, 3.63) is 270 Å². The van der Waals surface area contributed by atoms with Crippen LogP contribution in [0.4, 0.5) is 39.5 Å². The maximum atomic E-state index is 13.8. The molecule has 0 radical (unpaired) electrons. The van der Waals surface area contributed by atoms with Crippen LogP contribution in [-0.4, -0.2) is 222 Å². The first-order chi connectivity index (χ1) is 68.0. The van der Waals surface area contributed by atoms with Crippen molar-refractivity contribution in [2.75, 3.05) is 116 Å². The van der Waals surface area contributed by atoms with E-state index in [0.717, 1.165) is 249 Å². The molecule has 0 aliphatic heterocycles. The van der Waals surface area contributed by atoms with E-state index < -0.39 is 29.3 Å². The lowest BCUT2D eigenvalue weighted by molar-refractivity contribution is -0.140. The Hall–Kier alpha value is -11.9. The second-order valence-corrected chi connectivity index (χ2v) is 36.0. The molecule has 0 aliphatic carbocycles. The van der Waals surface area contributed by atoms with Gasteiger partial charge in [0.2, 0.25) is 0 Å². The van der Waals surface area contributed by atoms with E-state index in [2.05, 4.69) is 195 Å². The molecule has 7 heterocycles. The molecule has 7 aromatic heterocycles. The van der Waals surface area contributed by atoms with E-state index >= 15 is 0 Å². The first kappa shape index (κ1) is 115. The van der Waals surface area contributed by atoms with Gasteiger partial charge >= 0.3 is 12.4 Å². The maximum absolute atomic E-state index is 13.8. The molecule has 142 heavy (non-hydrogen) atoms. The Morgan fingerprint density at radius 3 is 0.972 bits per heavy atom. The quantitative estimate of drug-likeness (QED) is 0.0177. The lowest BCUT2D eigenvalue weighted by Crippen LogP contribution is -2.18. The number of aromatic nitrogens is 14. The van der Waals surface area contributed by atoms with Crippen molar-refractivity contribution < 1.29 is 53.7 Å². The molecule has 0 saturated carbocycles. The van der Waals surface area contributed by atoms with Gasteiger partial charge in [-0.25, -0.2) is 13.2 Å². The Balaban J connectivity index is 0.000000203. The average Bonchev–Trinajstić information content (AvgIpc) is 1.49.